The minimum absolute atomic E-state index is 0.0688. The quantitative estimate of drug-likeness (QED) is 0.133. The van der Waals surface area contributed by atoms with Gasteiger partial charge in [-0.25, -0.2) is 10.2 Å². The molecule has 4 rings (SSSR count). The van der Waals surface area contributed by atoms with E-state index in [-0.39, 0.29) is 12.3 Å². The summed E-state index contributed by atoms with van der Waals surface area (Å²) in [7, 11) is 0. The monoisotopic (exact) mass is 469 g/mol. The summed E-state index contributed by atoms with van der Waals surface area (Å²) in [4.78, 5) is 34.6. The minimum Gasteiger partial charge on any atom is -0.484 e. The van der Waals surface area contributed by atoms with Crippen molar-refractivity contribution in [2.45, 2.75) is 0 Å². The fourth-order valence-electron chi connectivity index (χ4n) is 3.21. The van der Waals surface area contributed by atoms with Crippen molar-refractivity contribution in [3.63, 3.8) is 0 Å². The van der Waals surface area contributed by atoms with Crippen molar-refractivity contribution in [2.24, 2.45) is 5.10 Å². The Balaban J connectivity index is 1.27. The van der Waals surface area contributed by atoms with Crippen LogP contribution in [0.4, 0.5) is 5.69 Å². The number of non-ortho nitro benzene ring substituents is 1. The van der Waals surface area contributed by atoms with Gasteiger partial charge in [0, 0.05) is 12.1 Å². The maximum Gasteiger partial charge on any atom is 0.344 e. The first-order chi connectivity index (χ1) is 17.0. The molecule has 4 aromatic rings. The summed E-state index contributed by atoms with van der Waals surface area (Å²) in [6.45, 7) is -0.307. The van der Waals surface area contributed by atoms with E-state index in [1.807, 2.05) is 36.4 Å². The van der Waals surface area contributed by atoms with E-state index in [9.17, 15) is 19.7 Å². The number of rotatable bonds is 8. The van der Waals surface area contributed by atoms with Crippen LogP contribution < -0.4 is 14.9 Å². The average Bonchev–Trinajstić information content (AvgIpc) is 2.88. The second kappa shape index (κ2) is 10.7. The Bertz CT molecular complexity index is 1390. The fraction of sp³-hybridized carbons (Fsp3) is 0.0385. The number of hydrogen-bond acceptors (Lipinski definition) is 7. The number of ether oxygens (including phenoxy) is 2. The number of nitro groups is 1. The molecule has 0 bridgehead atoms. The third kappa shape index (κ3) is 6.05. The van der Waals surface area contributed by atoms with Gasteiger partial charge >= 0.3 is 5.97 Å². The van der Waals surface area contributed by atoms with Crippen LogP contribution in [0, 0.1) is 10.1 Å². The maximum atomic E-state index is 12.6. The highest BCUT2D eigenvalue weighted by Gasteiger charge is 2.12. The summed E-state index contributed by atoms with van der Waals surface area (Å²) in [6, 6.07) is 25.1. The van der Waals surface area contributed by atoms with Crippen molar-refractivity contribution in [1.29, 1.82) is 0 Å². The zero-order valence-electron chi connectivity index (χ0n) is 18.3. The number of nitro benzene ring substituents is 1. The Labute approximate surface area is 199 Å². The molecule has 0 aromatic heterocycles. The molecule has 0 unspecified atom stereocenters. The van der Waals surface area contributed by atoms with Gasteiger partial charge < -0.3 is 9.47 Å². The van der Waals surface area contributed by atoms with Crippen molar-refractivity contribution in [3.8, 4) is 11.5 Å². The molecule has 1 amide bonds. The number of carbonyl (C=O) groups excluding carboxylic acids is 2. The first kappa shape index (κ1) is 23.1. The predicted molar refractivity (Wildman–Crippen MR) is 130 cm³/mol. The van der Waals surface area contributed by atoms with Gasteiger partial charge in [-0.05, 0) is 58.8 Å². The van der Waals surface area contributed by atoms with Crippen molar-refractivity contribution < 1.29 is 24.0 Å². The van der Waals surface area contributed by atoms with Crippen LogP contribution in [0.25, 0.3) is 10.8 Å². The molecule has 0 aliphatic rings. The molecule has 0 fully saturated rings. The lowest BCUT2D eigenvalue weighted by Crippen LogP contribution is -2.24. The number of hydrazone groups is 1. The molecule has 0 radical (unpaired) electrons. The van der Waals surface area contributed by atoms with Gasteiger partial charge in [0.15, 0.2) is 6.61 Å². The highest BCUT2D eigenvalue weighted by molar-refractivity contribution is 6.05. The van der Waals surface area contributed by atoms with E-state index in [1.165, 1.54) is 30.5 Å². The molecule has 4 aromatic carbocycles. The molecule has 1 N–H and O–H groups in total. The van der Waals surface area contributed by atoms with Crippen LogP contribution in [0.1, 0.15) is 15.9 Å². The Hall–Kier alpha value is -5.05. The first-order valence-corrected chi connectivity index (χ1v) is 10.5. The summed E-state index contributed by atoms with van der Waals surface area (Å²) < 4.78 is 10.8. The van der Waals surface area contributed by atoms with E-state index >= 15 is 0 Å². The van der Waals surface area contributed by atoms with Crippen molar-refractivity contribution >= 4 is 34.6 Å². The highest BCUT2D eigenvalue weighted by atomic mass is 16.6. The van der Waals surface area contributed by atoms with Crippen LogP contribution in [0.3, 0.4) is 0 Å². The van der Waals surface area contributed by atoms with Crippen LogP contribution >= 0.6 is 0 Å². The molecule has 0 heterocycles. The van der Waals surface area contributed by atoms with E-state index in [2.05, 4.69) is 10.5 Å². The highest BCUT2D eigenvalue weighted by Crippen LogP contribution is 2.21. The number of fused-ring (bicyclic) bond motifs is 1. The first-order valence-electron chi connectivity index (χ1n) is 10.5. The van der Waals surface area contributed by atoms with Gasteiger partial charge in [0.05, 0.1) is 16.7 Å². The number of benzene rings is 4. The van der Waals surface area contributed by atoms with Crippen molar-refractivity contribution in [2.75, 3.05) is 6.61 Å². The van der Waals surface area contributed by atoms with E-state index in [4.69, 9.17) is 9.47 Å². The Morgan fingerprint density at radius 3 is 2.31 bits per heavy atom. The van der Waals surface area contributed by atoms with Gasteiger partial charge in [-0.1, -0.05) is 36.4 Å². The number of nitrogens with one attached hydrogen (secondary N) is 1. The Morgan fingerprint density at radius 2 is 1.57 bits per heavy atom. The second-order valence-electron chi connectivity index (χ2n) is 7.32. The van der Waals surface area contributed by atoms with Gasteiger partial charge in [-0.2, -0.15) is 5.10 Å². The molecule has 0 atom stereocenters. The summed E-state index contributed by atoms with van der Waals surface area (Å²) in [5.41, 5.74) is 3.41. The summed E-state index contributed by atoms with van der Waals surface area (Å²) >= 11 is 0. The van der Waals surface area contributed by atoms with Gasteiger partial charge in [0.2, 0.25) is 0 Å². The van der Waals surface area contributed by atoms with E-state index in [0.29, 0.717) is 22.6 Å². The van der Waals surface area contributed by atoms with Crippen molar-refractivity contribution in [3.05, 3.63) is 112 Å². The molecule has 174 valence electrons. The fourth-order valence-corrected chi connectivity index (χ4v) is 3.21. The van der Waals surface area contributed by atoms with Gasteiger partial charge in [-0.15, -0.1) is 0 Å². The number of carbonyl (C=O) groups is 2. The lowest BCUT2D eigenvalue weighted by atomic mass is 10.0. The second-order valence-corrected chi connectivity index (χ2v) is 7.32. The Morgan fingerprint density at radius 1 is 0.886 bits per heavy atom. The molecule has 0 saturated heterocycles. The van der Waals surface area contributed by atoms with Crippen LogP contribution in [-0.4, -0.2) is 29.6 Å². The molecule has 0 aliphatic carbocycles. The zero-order valence-corrected chi connectivity index (χ0v) is 18.3. The molecule has 9 nitrogen and oxygen atoms in total. The lowest BCUT2D eigenvalue weighted by Gasteiger charge is -2.07. The van der Waals surface area contributed by atoms with Gasteiger partial charge in [0.1, 0.15) is 11.5 Å². The third-order valence-corrected chi connectivity index (χ3v) is 4.92. The molecule has 35 heavy (non-hydrogen) atoms. The predicted octanol–water partition coefficient (Wildman–Crippen LogP) is 4.50. The maximum absolute atomic E-state index is 12.6. The molecular weight excluding hydrogens is 450 g/mol. The summed E-state index contributed by atoms with van der Waals surface area (Å²) in [6.07, 6.45) is 1.43. The third-order valence-electron chi connectivity index (χ3n) is 4.92. The molecule has 0 saturated carbocycles. The van der Waals surface area contributed by atoms with Crippen LogP contribution in [-0.2, 0) is 4.79 Å². The van der Waals surface area contributed by atoms with E-state index < -0.39 is 16.8 Å². The number of amides is 1. The SMILES string of the molecule is O=C(COc1ccc([N+](=O)[O-])cc1)N/N=C/c1ccc(OC(=O)c2cccc3ccccc23)cc1. The van der Waals surface area contributed by atoms with Crippen LogP contribution in [0.15, 0.2) is 96.1 Å². The molecular formula is C26H19N3O6. The number of hydrogen-bond donors (Lipinski definition) is 1. The van der Waals surface area contributed by atoms with Gasteiger partial charge in [0.25, 0.3) is 11.6 Å². The van der Waals surface area contributed by atoms with E-state index in [1.54, 1.807) is 30.3 Å². The smallest absolute Gasteiger partial charge is 0.344 e. The summed E-state index contributed by atoms with van der Waals surface area (Å²) in [5, 5.41) is 16.3. The summed E-state index contributed by atoms with van der Waals surface area (Å²) in [5.74, 6) is -0.257. The average molecular weight is 469 g/mol. The van der Waals surface area contributed by atoms with Gasteiger partial charge in [-0.3, -0.25) is 14.9 Å². The number of nitrogens with zero attached hydrogens (tertiary/aromatic N) is 2. The molecule has 0 aliphatic heterocycles. The van der Waals surface area contributed by atoms with Crippen LogP contribution in [0.2, 0.25) is 0 Å². The lowest BCUT2D eigenvalue weighted by molar-refractivity contribution is -0.384. The minimum atomic E-state index is -0.521. The van der Waals surface area contributed by atoms with Crippen LogP contribution in [0.5, 0.6) is 11.5 Å². The number of esters is 1. The standard InChI is InChI=1S/C26H19N3O6/c30-25(17-34-21-14-10-20(11-15-21)29(32)33)28-27-16-18-8-12-22(13-9-18)35-26(31)24-7-3-5-19-4-1-2-6-23(19)24/h1-16H,17H2,(H,28,30)/b27-16+. The largest absolute Gasteiger partial charge is 0.484 e. The molecule has 0 spiro atoms. The zero-order chi connectivity index (χ0) is 24.6. The van der Waals surface area contributed by atoms with Crippen molar-refractivity contribution in [1.82, 2.24) is 5.43 Å². The topological polar surface area (TPSA) is 120 Å². The van der Waals surface area contributed by atoms with E-state index in [0.717, 1.165) is 10.8 Å². The Kier molecular flexibility index (Phi) is 7.08. The normalized spacial score (nSPS) is 10.7. The molecule has 9 heteroatoms.